The highest BCUT2D eigenvalue weighted by atomic mass is 16.6. The minimum absolute atomic E-state index is 0.115. The lowest BCUT2D eigenvalue weighted by atomic mass is 10.0. The highest BCUT2D eigenvalue weighted by molar-refractivity contribution is 5.69. The van der Waals surface area contributed by atoms with Gasteiger partial charge in [0, 0.05) is 6.42 Å². The third kappa shape index (κ3) is 11.0. The number of epoxide rings is 1. The minimum Gasteiger partial charge on any atom is -0.463 e. The first-order chi connectivity index (χ1) is 11.7. The Balaban J connectivity index is 1.81. The second-order valence-electron chi connectivity index (χ2n) is 6.89. The summed E-state index contributed by atoms with van der Waals surface area (Å²) in [6, 6.07) is 0. The van der Waals surface area contributed by atoms with Gasteiger partial charge in [-0.2, -0.15) is 0 Å². The molecule has 24 heavy (non-hydrogen) atoms. The van der Waals surface area contributed by atoms with Gasteiger partial charge in [-0.3, -0.25) is 4.79 Å². The molecule has 0 aromatic rings. The van der Waals surface area contributed by atoms with Gasteiger partial charge in [-0.15, -0.1) is 0 Å². The summed E-state index contributed by atoms with van der Waals surface area (Å²) in [5.74, 6) is -0.292. The van der Waals surface area contributed by atoms with Crippen LogP contribution in [-0.2, 0) is 14.3 Å². The average molecular weight is 344 g/mol. The Labute approximate surface area is 146 Å². The first kappa shape index (κ1) is 21.4. The molecular formula is C19H36O5. The third-order valence-corrected chi connectivity index (χ3v) is 4.55. The standard InChI is InChI=1S/C19H36O5/c1-2-3-4-8-11-17-18(24-17)12-9-6-5-7-10-13-19(22)23-15-16(21)14-20/h16-18,20-21H,2-15H2,1H3. The van der Waals surface area contributed by atoms with Crippen molar-refractivity contribution in [1.82, 2.24) is 0 Å². The van der Waals surface area contributed by atoms with Gasteiger partial charge >= 0.3 is 5.97 Å². The number of ether oxygens (including phenoxy) is 2. The Morgan fingerprint density at radius 3 is 2.21 bits per heavy atom. The smallest absolute Gasteiger partial charge is 0.305 e. The minimum atomic E-state index is -0.964. The number of unbranched alkanes of at least 4 members (excludes halogenated alkanes) is 7. The van der Waals surface area contributed by atoms with Crippen LogP contribution in [0.25, 0.3) is 0 Å². The molecule has 142 valence electrons. The molecule has 0 radical (unpaired) electrons. The SMILES string of the molecule is CCCCCCC1OC1CCCCCCCC(=O)OCC(O)CO. The summed E-state index contributed by atoms with van der Waals surface area (Å²) < 4.78 is 10.6. The molecule has 1 aliphatic heterocycles. The lowest BCUT2D eigenvalue weighted by Crippen LogP contribution is -2.21. The van der Waals surface area contributed by atoms with E-state index in [9.17, 15) is 4.79 Å². The van der Waals surface area contributed by atoms with Crippen molar-refractivity contribution in [3.63, 3.8) is 0 Å². The largest absolute Gasteiger partial charge is 0.463 e. The summed E-state index contributed by atoms with van der Waals surface area (Å²) in [5.41, 5.74) is 0. The number of aliphatic hydroxyl groups is 2. The summed E-state index contributed by atoms with van der Waals surface area (Å²) in [5, 5.41) is 17.7. The first-order valence-electron chi connectivity index (χ1n) is 9.77. The highest BCUT2D eigenvalue weighted by Crippen LogP contribution is 2.31. The number of rotatable bonds is 16. The van der Waals surface area contributed by atoms with Crippen LogP contribution >= 0.6 is 0 Å². The van der Waals surface area contributed by atoms with Crippen LogP contribution in [0.4, 0.5) is 0 Å². The summed E-state index contributed by atoms with van der Waals surface area (Å²) in [4.78, 5) is 11.4. The predicted octanol–water partition coefficient (Wildman–Crippen LogP) is 3.35. The van der Waals surface area contributed by atoms with E-state index >= 15 is 0 Å². The van der Waals surface area contributed by atoms with Crippen LogP contribution in [0, 0.1) is 0 Å². The molecule has 0 amide bonds. The van der Waals surface area contributed by atoms with Crippen LogP contribution in [0.15, 0.2) is 0 Å². The maximum atomic E-state index is 11.4. The molecule has 0 aliphatic carbocycles. The fourth-order valence-electron chi connectivity index (χ4n) is 2.92. The molecule has 5 heteroatoms. The molecule has 2 N–H and O–H groups in total. The van der Waals surface area contributed by atoms with Crippen LogP contribution < -0.4 is 0 Å². The van der Waals surface area contributed by atoms with E-state index in [-0.39, 0.29) is 19.2 Å². The first-order valence-corrected chi connectivity index (χ1v) is 9.77. The van der Waals surface area contributed by atoms with Gasteiger partial charge in [-0.05, 0) is 19.3 Å². The van der Waals surface area contributed by atoms with Crippen molar-refractivity contribution in [2.75, 3.05) is 13.2 Å². The molecule has 5 nitrogen and oxygen atoms in total. The number of carbonyl (C=O) groups is 1. The Bertz CT molecular complexity index is 321. The third-order valence-electron chi connectivity index (χ3n) is 4.55. The molecule has 1 heterocycles. The second-order valence-corrected chi connectivity index (χ2v) is 6.89. The van der Waals surface area contributed by atoms with Crippen LogP contribution in [0.3, 0.4) is 0 Å². The van der Waals surface area contributed by atoms with E-state index in [4.69, 9.17) is 19.7 Å². The van der Waals surface area contributed by atoms with Crippen molar-refractivity contribution in [3.05, 3.63) is 0 Å². The van der Waals surface area contributed by atoms with Crippen molar-refractivity contribution in [2.24, 2.45) is 0 Å². The molecule has 3 atom stereocenters. The van der Waals surface area contributed by atoms with Crippen molar-refractivity contribution >= 4 is 5.97 Å². The zero-order chi connectivity index (χ0) is 17.6. The predicted molar refractivity (Wildman–Crippen MR) is 93.8 cm³/mol. The number of esters is 1. The van der Waals surface area contributed by atoms with Gasteiger partial charge in [0.25, 0.3) is 0 Å². The number of aliphatic hydroxyl groups excluding tert-OH is 2. The topological polar surface area (TPSA) is 79.3 Å². The van der Waals surface area contributed by atoms with Gasteiger partial charge in [0.1, 0.15) is 12.7 Å². The maximum Gasteiger partial charge on any atom is 0.305 e. The van der Waals surface area contributed by atoms with Crippen LogP contribution in [0.2, 0.25) is 0 Å². The fourth-order valence-corrected chi connectivity index (χ4v) is 2.92. The number of hydrogen-bond donors (Lipinski definition) is 2. The molecule has 1 saturated heterocycles. The number of carbonyl (C=O) groups excluding carboxylic acids is 1. The van der Waals surface area contributed by atoms with E-state index in [1.165, 1.54) is 51.4 Å². The van der Waals surface area contributed by atoms with E-state index in [1.54, 1.807) is 0 Å². The van der Waals surface area contributed by atoms with Crippen LogP contribution in [-0.4, -0.2) is 47.7 Å². The molecule has 3 unspecified atom stereocenters. The summed E-state index contributed by atoms with van der Waals surface area (Å²) in [6.45, 7) is 1.75. The maximum absolute atomic E-state index is 11.4. The second kappa shape index (κ2) is 13.6. The van der Waals surface area contributed by atoms with Gasteiger partial charge in [0.2, 0.25) is 0 Å². The molecule has 0 saturated carbocycles. The molecule has 0 aromatic carbocycles. The average Bonchev–Trinajstić information content (AvgIpc) is 3.34. The zero-order valence-electron chi connectivity index (χ0n) is 15.3. The Hall–Kier alpha value is -0.650. The van der Waals surface area contributed by atoms with Crippen molar-refractivity contribution in [2.45, 2.75) is 102 Å². The van der Waals surface area contributed by atoms with Crippen molar-refractivity contribution < 1.29 is 24.5 Å². The quantitative estimate of drug-likeness (QED) is 0.255. The van der Waals surface area contributed by atoms with Crippen molar-refractivity contribution in [3.8, 4) is 0 Å². The van der Waals surface area contributed by atoms with E-state index in [1.807, 2.05) is 0 Å². The lowest BCUT2D eigenvalue weighted by Gasteiger charge is -2.08. The van der Waals surface area contributed by atoms with E-state index in [2.05, 4.69) is 6.92 Å². The zero-order valence-corrected chi connectivity index (χ0v) is 15.3. The molecule has 0 spiro atoms. The van der Waals surface area contributed by atoms with Gasteiger partial charge < -0.3 is 19.7 Å². The Morgan fingerprint density at radius 2 is 1.58 bits per heavy atom. The van der Waals surface area contributed by atoms with Gasteiger partial charge in [0.05, 0.1) is 18.8 Å². The van der Waals surface area contributed by atoms with Crippen LogP contribution in [0.1, 0.15) is 84.0 Å². The fraction of sp³-hybridized carbons (Fsp3) is 0.947. The molecule has 0 aromatic heterocycles. The van der Waals surface area contributed by atoms with Crippen molar-refractivity contribution in [1.29, 1.82) is 0 Å². The lowest BCUT2D eigenvalue weighted by molar-refractivity contribution is -0.147. The Morgan fingerprint density at radius 1 is 1.00 bits per heavy atom. The van der Waals surface area contributed by atoms with Crippen LogP contribution in [0.5, 0.6) is 0 Å². The number of hydrogen-bond acceptors (Lipinski definition) is 5. The molecule has 0 bridgehead atoms. The highest BCUT2D eigenvalue weighted by Gasteiger charge is 2.36. The monoisotopic (exact) mass is 344 g/mol. The summed E-state index contributed by atoms with van der Waals surface area (Å²) in [6.07, 6.45) is 13.6. The van der Waals surface area contributed by atoms with E-state index in [0.29, 0.717) is 18.6 Å². The molecule has 1 aliphatic rings. The van der Waals surface area contributed by atoms with Gasteiger partial charge in [-0.25, -0.2) is 0 Å². The van der Waals surface area contributed by atoms with E-state index < -0.39 is 6.10 Å². The molecular weight excluding hydrogens is 308 g/mol. The Kier molecular flexibility index (Phi) is 12.1. The summed E-state index contributed by atoms with van der Waals surface area (Å²) in [7, 11) is 0. The van der Waals surface area contributed by atoms with Gasteiger partial charge in [-0.1, -0.05) is 58.3 Å². The normalized spacial score (nSPS) is 20.8. The van der Waals surface area contributed by atoms with E-state index in [0.717, 1.165) is 19.3 Å². The van der Waals surface area contributed by atoms with Gasteiger partial charge in [0.15, 0.2) is 0 Å². The summed E-state index contributed by atoms with van der Waals surface area (Å²) >= 11 is 0. The molecule has 1 rings (SSSR count). The molecule has 1 fully saturated rings.